The molecule has 0 fully saturated rings. The smallest absolute Gasteiger partial charge is 0.272 e. The maximum Gasteiger partial charge on any atom is 0.272 e. The molecule has 0 spiro atoms. The van der Waals surface area contributed by atoms with Crippen LogP contribution in [0.3, 0.4) is 0 Å². The van der Waals surface area contributed by atoms with Gasteiger partial charge in [0.2, 0.25) is 0 Å². The van der Waals surface area contributed by atoms with E-state index in [4.69, 9.17) is 14.2 Å². The number of carbonyl (C=O) groups is 3. The molecule has 4 aromatic rings. The maximum absolute atomic E-state index is 13.4. The van der Waals surface area contributed by atoms with E-state index in [0.717, 1.165) is 5.56 Å². The van der Waals surface area contributed by atoms with E-state index in [2.05, 4.69) is 10.6 Å². The third-order valence-electron chi connectivity index (χ3n) is 6.33. The van der Waals surface area contributed by atoms with Crippen LogP contribution in [0.4, 0.5) is 5.69 Å². The zero-order valence-electron chi connectivity index (χ0n) is 24.1. The Morgan fingerprint density at radius 1 is 0.744 bits per heavy atom. The Bertz CT molecular complexity index is 1640. The summed E-state index contributed by atoms with van der Waals surface area (Å²) in [6, 6.07) is 27.6. The lowest BCUT2D eigenvalue weighted by Gasteiger charge is -2.13. The van der Waals surface area contributed by atoms with Crippen molar-refractivity contribution in [3.63, 3.8) is 0 Å². The lowest BCUT2D eigenvalue weighted by molar-refractivity contribution is -0.113. The minimum Gasteiger partial charge on any atom is -0.497 e. The number of anilines is 1. The summed E-state index contributed by atoms with van der Waals surface area (Å²) in [7, 11) is 3.12. The zero-order chi connectivity index (χ0) is 30.6. The van der Waals surface area contributed by atoms with Crippen molar-refractivity contribution < 1.29 is 28.6 Å². The molecule has 0 radical (unpaired) electrons. The molecule has 0 aliphatic rings. The average molecular weight is 577 g/mol. The van der Waals surface area contributed by atoms with E-state index in [0.29, 0.717) is 46.2 Å². The van der Waals surface area contributed by atoms with Gasteiger partial charge in [0.05, 0.1) is 20.8 Å². The van der Waals surface area contributed by atoms with Gasteiger partial charge in [0.1, 0.15) is 22.9 Å². The molecule has 0 atom stereocenters. The molecule has 0 aromatic heterocycles. The Hall–Kier alpha value is -5.63. The predicted octanol–water partition coefficient (Wildman–Crippen LogP) is 6.41. The van der Waals surface area contributed by atoms with Gasteiger partial charge in [-0.3, -0.25) is 14.4 Å². The number of hydrogen-bond donors (Lipinski definition) is 2. The number of amides is 2. The van der Waals surface area contributed by atoms with Crippen LogP contribution < -0.4 is 24.8 Å². The SMILES string of the molecule is CCOc1ccccc1/C=C(\NC(=O)c1ccccc1)C(=O)Nc1ccc(C(=O)/C=C/c2ccc(OC)cc2OC)cc1. The Morgan fingerprint density at radius 2 is 1.47 bits per heavy atom. The van der Waals surface area contributed by atoms with Gasteiger partial charge < -0.3 is 24.8 Å². The fourth-order valence-electron chi connectivity index (χ4n) is 4.12. The van der Waals surface area contributed by atoms with Gasteiger partial charge in [-0.1, -0.05) is 36.4 Å². The molecular formula is C35H32N2O6. The summed E-state index contributed by atoms with van der Waals surface area (Å²) in [5.41, 5.74) is 2.66. The van der Waals surface area contributed by atoms with Crippen LogP contribution in [0.5, 0.6) is 17.2 Å². The fraction of sp³-hybridized carbons (Fsp3) is 0.114. The first-order valence-corrected chi connectivity index (χ1v) is 13.6. The topological polar surface area (TPSA) is 103 Å². The summed E-state index contributed by atoms with van der Waals surface area (Å²) >= 11 is 0. The molecule has 0 unspecified atom stereocenters. The van der Waals surface area contributed by atoms with Crippen LogP contribution in [-0.2, 0) is 4.79 Å². The highest BCUT2D eigenvalue weighted by molar-refractivity contribution is 6.11. The molecule has 0 aliphatic heterocycles. The molecule has 43 heavy (non-hydrogen) atoms. The molecule has 8 nitrogen and oxygen atoms in total. The molecule has 2 amide bonds. The van der Waals surface area contributed by atoms with Crippen LogP contribution >= 0.6 is 0 Å². The second-order valence-electron chi connectivity index (χ2n) is 9.19. The summed E-state index contributed by atoms with van der Waals surface area (Å²) in [5.74, 6) is 0.604. The molecule has 4 rings (SSSR count). The molecule has 0 saturated carbocycles. The molecule has 2 N–H and O–H groups in total. The first kappa shape index (κ1) is 30.3. The monoisotopic (exact) mass is 576 g/mol. The largest absolute Gasteiger partial charge is 0.497 e. The number of nitrogens with one attached hydrogen (secondary N) is 2. The average Bonchev–Trinajstić information content (AvgIpc) is 3.04. The van der Waals surface area contributed by atoms with Crippen molar-refractivity contribution in [1.29, 1.82) is 0 Å². The van der Waals surface area contributed by atoms with Crippen LogP contribution in [0.25, 0.3) is 12.2 Å². The number of rotatable bonds is 12. The molecule has 218 valence electrons. The predicted molar refractivity (Wildman–Crippen MR) is 167 cm³/mol. The number of carbonyl (C=O) groups excluding carboxylic acids is 3. The van der Waals surface area contributed by atoms with Gasteiger partial charge in [-0.15, -0.1) is 0 Å². The number of allylic oxidation sites excluding steroid dienone is 1. The van der Waals surface area contributed by atoms with E-state index < -0.39 is 11.8 Å². The third kappa shape index (κ3) is 8.20. The molecule has 0 saturated heterocycles. The standard InChI is InChI=1S/C35H32N2O6/c1-4-43-32-13-9-8-12-27(32)22-30(37-34(39)26-10-6-5-7-11-26)35(40)36-28-18-14-24(15-19-28)31(38)21-17-25-16-20-29(41-2)23-33(25)42-3/h5-23H,4H2,1-3H3,(H,36,40)(H,37,39)/b21-17+,30-22-. The van der Waals surface area contributed by atoms with Gasteiger partial charge in [0, 0.05) is 34.0 Å². The van der Waals surface area contributed by atoms with Crippen molar-refractivity contribution in [3.05, 3.63) is 131 Å². The van der Waals surface area contributed by atoms with Crippen LogP contribution in [-0.4, -0.2) is 38.4 Å². The normalized spacial score (nSPS) is 11.1. The lowest BCUT2D eigenvalue weighted by atomic mass is 10.1. The number of hydrogen-bond acceptors (Lipinski definition) is 6. The highest BCUT2D eigenvalue weighted by Gasteiger charge is 2.16. The molecule has 0 heterocycles. The summed E-state index contributed by atoms with van der Waals surface area (Å²) in [5, 5.41) is 5.52. The first-order chi connectivity index (χ1) is 20.9. The van der Waals surface area contributed by atoms with E-state index in [1.165, 1.54) is 6.08 Å². The van der Waals surface area contributed by atoms with Crippen molar-refractivity contribution in [2.75, 3.05) is 26.1 Å². The highest BCUT2D eigenvalue weighted by atomic mass is 16.5. The van der Waals surface area contributed by atoms with Crippen molar-refractivity contribution >= 4 is 35.4 Å². The number of para-hydroxylation sites is 1. The molecule has 8 heteroatoms. The summed E-state index contributed by atoms with van der Waals surface area (Å²) < 4.78 is 16.3. The zero-order valence-corrected chi connectivity index (χ0v) is 24.1. The first-order valence-electron chi connectivity index (χ1n) is 13.6. The minimum absolute atomic E-state index is 0.0255. The van der Waals surface area contributed by atoms with Crippen molar-refractivity contribution in [2.45, 2.75) is 6.92 Å². The van der Waals surface area contributed by atoms with E-state index in [9.17, 15) is 14.4 Å². The molecule has 0 aliphatic carbocycles. The summed E-state index contributed by atoms with van der Waals surface area (Å²) in [6.07, 6.45) is 4.69. The minimum atomic E-state index is -0.541. The quantitative estimate of drug-likeness (QED) is 0.149. The van der Waals surface area contributed by atoms with Crippen LogP contribution in [0, 0.1) is 0 Å². The van der Waals surface area contributed by atoms with Gasteiger partial charge >= 0.3 is 0 Å². The highest BCUT2D eigenvalue weighted by Crippen LogP contribution is 2.26. The van der Waals surface area contributed by atoms with Gasteiger partial charge in [-0.2, -0.15) is 0 Å². The second kappa shape index (κ2) is 14.8. The van der Waals surface area contributed by atoms with Crippen molar-refractivity contribution in [2.24, 2.45) is 0 Å². The van der Waals surface area contributed by atoms with Crippen LogP contribution in [0.2, 0.25) is 0 Å². The number of ether oxygens (including phenoxy) is 3. The fourth-order valence-corrected chi connectivity index (χ4v) is 4.12. The van der Waals surface area contributed by atoms with Crippen molar-refractivity contribution in [1.82, 2.24) is 5.32 Å². The van der Waals surface area contributed by atoms with Gasteiger partial charge in [-0.05, 0) is 79.7 Å². The van der Waals surface area contributed by atoms with E-state index in [-0.39, 0.29) is 11.5 Å². The summed E-state index contributed by atoms with van der Waals surface area (Å²) in [6.45, 7) is 2.31. The Kier molecular flexibility index (Phi) is 10.5. The summed E-state index contributed by atoms with van der Waals surface area (Å²) in [4.78, 5) is 39.2. The Balaban J connectivity index is 1.52. The second-order valence-corrected chi connectivity index (χ2v) is 9.19. The maximum atomic E-state index is 13.4. The lowest BCUT2D eigenvalue weighted by Crippen LogP contribution is -2.30. The van der Waals surface area contributed by atoms with Crippen molar-refractivity contribution in [3.8, 4) is 17.2 Å². The van der Waals surface area contributed by atoms with Crippen LogP contribution in [0.1, 0.15) is 38.8 Å². The molecule has 0 bridgehead atoms. The van der Waals surface area contributed by atoms with E-state index in [1.807, 2.05) is 19.1 Å². The third-order valence-corrected chi connectivity index (χ3v) is 6.33. The number of benzene rings is 4. The van der Waals surface area contributed by atoms with E-state index >= 15 is 0 Å². The number of methoxy groups -OCH3 is 2. The molecular weight excluding hydrogens is 544 g/mol. The Morgan fingerprint density at radius 3 is 2.16 bits per heavy atom. The van der Waals surface area contributed by atoms with Gasteiger partial charge in [0.15, 0.2) is 5.78 Å². The molecule has 4 aromatic carbocycles. The van der Waals surface area contributed by atoms with Gasteiger partial charge in [-0.25, -0.2) is 0 Å². The Labute approximate surface area is 250 Å². The number of ketones is 1. The van der Waals surface area contributed by atoms with Crippen LogP contribution in [0.15, 0.2) is 109 Å². The van der Waals surface area contributed by atoms with E-state index in [1.54, 1.807) is 111 Å². The van der Waals surface area contributed by atoms with Gasteiger partial charge in [0.25, 0.3) is 11.8 Å².